The Morgan fingerprint density at radius 3 is 2.83 bits per heavy atom. The highest BCUT2D eigenvalue weighted by Crippen LogP contribution is 2.27. The molecule has 2 heterocycles. The van der Waals surface area contributed by atoms with Gasteiger partial charge in [-0.3, -0.25) is 4.79 Å². The van der Waals surface area contributed by atoms with Crippen LogP contribution in [-0.2, 0) is 9.84 Å². The van der Waals surface area contributed by atoms with Crippen LogP contribution in [-0.4, -0.2) is 32.4 Å². The van der Waals surface area contributed by atoms with E-state index in [1.807, 2.05) is 13.0 Å². The van der Waals surface area contributed by atoms with Gasteiger partial charge in [0, 0.05) is 6.54 Å². The van der Waals surface area contributed by atoms with Gasteiger partial charge in [-0.2, -0.15) is 0 Å². The summed E-state index contributed by atoms with van der Waals surface area (Å²) >= 11 is 4.77. The van der Waals surface area contributed by atoms with Crippen molar-refractivity contribution in [3.63, 3.8) is 0 Å². The van der Waals surface area contributed by atoms with Crippen molar-refractivity contribution in [2.75, 3.05) is 18.1 Å². The number of rotatable bonds is 3. The Morgan fingerprint density at radius 2 is 2.33 bits per heavy atom. The molecule has 0 saturated carbocycles. The van der Waals surface area contributed by atoms with E-state index >= 15 is 0 Å². The molecule has 1 fully saturated rings. The first-order valence-corrected chi connectivity index (χ1v) is 9.05. The number of sulfone groups is 1. The highest BCUT2D eigenvalue weighted by Gasteiger charge is 2.28. The first kappa shape index (κ1) is 14.0. The Hall–Kier alpha value is -0.400. The molecule has 1 atom stereocenters. The number of aryl methyl sites for hydroxylation is 1. The molecule has 7 heteroatoms. The summed E-state index contributed by atoms with van der Waals surface area (Å²) in [6, 6.07) is 1.83. The van der Waals surface area contributed by atoms with Gasteiger partial charge in [0.05, 0.1) is 20.2 Å². The number of carbonyl (C=O) groups is 1. The second kappa shape index (κ2) is 5.30. The molecule has 0 bridgehead atoms. The van der Waals surface area contributed by atoms with Gasteiger partial charge in [-0.1, -0.05) is 0 Å². The Bertz CT molecular complexity index is 545. The van der Waals surface area contributed by atoms with E-state index < -0.39 is 9.84 Å². The minimum absolute atomic E-state index is 0.0587. The fourth-order valence-electron chi connectivity index (χ4n) is 1.93. The molecule has 1 N–H and O–H groups in total. The molecule has 1 aromatic rings. The number of thiophene rings is 1. The van der Waals surface area contributed by atoms with Gasteiger partial charge in [0.25, 0.3) is 5.91 Å². The van der Waals surface area contributed by atoms with Crippen LogP contribution in [0.3, 0.4) is 0 Å². The van der Waals surface area contributed by atoms with Crippen LogP contribution in [0.2, 0.25) is 0 Å². The van der Waals surface area contributed by atoms with E-state index in [4.69, 9.17) is 0 Å². The van der Waals surface area contributed by atoms with Gasteiger partial charge in [-0.25, -0.2) is 8.42 Å². The molecule has 0 aromatic carbocycles. The summed E-state index contributed by atoms with van der Waals surface area (Å²) < 4.78 is 23.5. The van der Waals surface area contributed by atoms with Crippen molar-refractivity contribution in [2.45, 2.75) is 13.3 Å². The van der Waals surface area contributed by atoms with E-state index in [0.717, 1.165) is 9.35 Å². The summed E-state index contributed by atoms with van der Waals surface area (Å²) in [5, 5.41) is 2.81. The fraction of sp³-hybridized carbons (Fsp3) is 0.545. The molecule has 1 aliphatic heterocycles. The average Bonchev–Trinajstić information content (AvgIpc) is 2.80. The van der Waals surface area contributed by atoms with Crippen LogP contribution in [0.15, 0.2) is 9.85 Å². The molecule has 1 aromatic heterocycles. The minimum atomic E-state index is -2.87. The zero-order valence-corrected chi connectivity index (χ0v) is 13.1. The normalized spacial score (nSPS) is 22.0. The van der Waals surface area contributed by atoms with Crippen LogP contribution >= 0.6 is 27.3 Å². The van der Waals surface area contributed by atoms with Crippen molar-refractivity contribution in [3.8, 4) is 0 Å². The highest BCUT2D eigenvalue weighted by molar-refractivity contribution is 9.11. The van der Waals surface area contributed by atoms with Gasteiger partial charge in [-0.05, 0) is 46.8 Å². The summed E-state index contributed by atoms with van der Waals surface area (Å²) in [7, 11) is -2.87. The number of halogens is 1. The molecule has 0 aliphatic carbocycles. The molecule has 1 amide bonds. The number of hydrogen-bond acceptors (Lipinski definition) is 4. The zero-order chi connectivity index (χ0) is 13.3. The summed E-state index contributed by atoms with van der Waals surface area (Å²) in [6.07, 6.45) is 0.649. The molecule has 0 spiro atoms. The Morgan fingerprint density at radius 1 is 1.61 bits per heavy atom. The summed E-state index contributed by atoms with van der Waals surface area (Å²) in [5.74, 6) is 0.374. The van der Waals surface area contributed by atoms with Gasteiger partial charge >= 0.3 is 0 Å². The monoisotopic (exact) mass is 351 g/mol. The Labute approximate surface area is 119 Å². The van der Waals surface area contributed by atoms with Gasteiger partial charge in [0.1, 0.15) is 0 Å². The number of amides is 1. The van der Waals surface area contributed by atoms with E-state index in [9.17, 15) is 13.2 Å². The van der Waals surface area contributed by atoms with E-state index in [0.29, 0.717) is 17.8 Å². The third-order valence-corrected chi connectivity index (χ3v) is 6.93. The van der Waals surface area contributed by atoms with Crippen molar-refractivity contribution in [2.24, 2.45) is 5.92 Å². The summed E-state index contributed by atoms with van der Waals surface area (Å²) in [6.45, 7) is 2.37. The minimum Gasteiger partial charge on any atom is -0.351 e. The molecule has 4 nitrogen and oxygen atoms in total. The third-order valence-electron chi connectivity index (χ3n) is 2.96. The highest BCUT2D eigenvalue weighted by atomic mass is 79.9. The van der Waals surface area contributed by atoms with E-state index in [1.165, 1.54) is 11.3 Å². The lowest BCUT2D eigenvalue weighted by Crippen LogP contribution is -2.29. The van der Waals surface area contributed by atoms with Gasteiger partial charge in [0.2, 0.25) is 0 Å². The van der Waals surface area contributed by atoms with Crippen LogP contribution < -0.4 is 5.32 Å². The maximum atomic E-state index is 11.9. The maximum Gasteiger partial charge on any atom is 0.261 e. The van der Waals surface area contributed by atoms with Gasteiger partial charge in [-0.15, -0.1) is 11.3 Å². The van der Waals surface area contributed by atoms with Crippen molar-refractivity contribution in [1.82, 2.24) is 5.32 Å². The molecule has 2 rings (SSSR count). The van der Waals surface area contributed by atoms with Crippen molar-refractivity contribution in [1.29, 1.82) is 0 Å². The average molecular weight is 352 g/mol. The molecular weight excluding hydrogens is 338 g/mol. The topological polar surface area (TPSA) is 63.2 Å². The van der Waals surface area contributed by atoms with Crippen LogP contribution in [0.1, 0.15) is 21.7 Å². The van der Waals surface area contributed by atoms with Crippen molar-refractivity contribution < 1.29 is 13.2 Å². The molecule has 1 aliphatic rings. The van der Waals surface area contributed by atoms with Crippen molar-refractivity contribution in [3.05, 3.63) is 20.3 Å². The summed E-state index contributed by atoms with van der Waals surface area (Å²) in [5.41, 5.74) is 1.04. The lowest BCUT2D eigenvalue weighted by molar-refractivity contribution is 0.0952. The number of carbonyl (C=O) groups excluding carboxylic acids is 1. The molecule has 1 unspecified atom stereocenters. The largest absolute Gasteiger partial charge is 0.351 e. The predicted octanol–water partition coefficient (Wildman–Crippen LogP) is 1.98. The van der Waals surface area contributed by atoms with Gasteiger partial charge < -0.3 is 5.32 Å². The second-order valence-corrected chi connectivity index (χ2v) is 9.15. The first-order chi connectivity index (χ1) is 8.37. The number of nitrogens with one attached hydrogen (secondary N) is 1. The Kier molecular flexibility index (Phi) is 4.13. The first-order valence-electron chi connectivity index (χ1n) is 5.62. The van der Waals surface area contributed by atoms with Crippen LogP contribution in [0.4, 0.5) is 0 Å². The van der Waals surface area contributed by atoms with E-state index in [-0.39, 0.29) is 23.3 Å². The quantitative estimate of drug-likeness (QED) is 0.905. The van der Waals surface area contributed by atoms with Crippen LogP contribution in [0.25, 0.3) is 0 Å². The Balaban J connectivity index is 1.89. The molecule has 1 saturated heterocycles. The molecule has 0 radical (unpaired) electrons. The summed E-state index contributed by atoms with van der Waals surface area (Å²) in [4.78, 5) is 12.5. The number of hydrogen-bond donors (Lipinski definition) is 1. The van der Waals surface area contributed by atoms with Crippen molar-refractivity contribution >= 4 is 43.0 Å². The van der Waals surface area contributed by atoms with Gasteiger partial charge in [0.15, 0.2) is 9.84 Å². The predicted molar refractivity (Wildman–Crippen MR) is 75.9 cm³/mol. The zero-order valence-electron chi connectivity index (χ0n) is 9.90. The molecule has 100 valence electrons. The van der Waals surface area contributed by atoms with Crippen LogP contribution in [0, 0.1) is 12.8 Å². The van der Waals surface area contributed by atoms with E-state index in [2.05, 4.69) is 21.2 Å². The van der Waals surface area contributed by atoms with Crippen LogP contribution in [0.5, 0.6) is 0 Å². The lowest BCUT2D eigenvalue weighted by Gasteiger charge is -2.08. The molecular formula is C11H14BrNO3S2. The second-order valence-electron chi connectivity index (χ2n) is 4.55. The standard InChI is InChI=1S/C11H14BrNO3S2/c1-7-4-9(17-10(7)12)11(14)13-5-8-2-3-18(15,16)6-8/h4,8H,2-3,5-6H2,1H3,(H,13,14). The lowest BCUT2D eigenvalue weighted by atomic mass is 10.1. The fourth-order valence-corrected chi connectivity index (χ4v) is 5.24. The van der Waals surface area contributed by atoms with E-state index in [1.54, 1.807) is 0 Å². The maximum absolute atomic E-state index is 11.9. The smallest absolute Gasteiger partial charge is 0.261 e. The SMILES string of the molecule is Cc1cc(C(=O)NCC2CCS(=O)(=O)C2)sc1Br. The molecule has 18 heavy (non-hydrogen) atoms. The third kappa shape index (κ3) is 3.33.